The zero-order valence-electron chi connectivity index (χ0n) is 12.5. The van der Waals surface area contributed by atoms with Crippen LogP contribution in [0.5, 0.6) is 0 Å². The largest absolute Gasteiger partial charge is 0.385 e. The predicted octanol–water partition coefficient (Wildman–Crippen LogP) is 3.96. The molecule has 0 atom stereocenters. The normalized spacial score (nSPS) is 10.3. The van der Waals surface area contributed by atoms with Crippen molar-refractivity contribution in [1.29, 1.82) is 0 Å². The molecular formula is C16H25FN2O. The maximum absolute atomic E-state index is 13.5. The molecule has 3 nitrogen and oxygen atoms in total. The van der Waals surface area contributed by atoms with E-state index in [1.165, 1.54) is 31.7 Å². The van der Waals surface area contributed by atoms with Gasteiger partial charge in [0.2, 0.25) is 0 Å². The third-order valence-corrected chi connectivity index (χ3v) is 3.32. The Labute approximate surface area is 121 Å². The molecule has 1 aromatic rings. The number of hydrogen-bond acceptors (Lipinski definition) is 2. The number of rotatable bonds is 9. The van der Waals surface area contributed by atoms with Gasteiger partial charge in [-0.05, 0) is 18.6 Å². The fourth-order valence-electron chi connectivity index (χ4n) is 2.17. The smallest absolute Gasteiger partial charge is 0.253 e. The van der Waals surface area contributed by atoms with E-state index in [9.17, 15) is 9.18 Å². The fraction of sp³-hybridized carbons (Fsp3) is 0.562. The van der Waals surface area contributed by atoms with Gasteiger partial charge in [-0.1, -0.05) is 45.1 Å². The number of carbonyl (C=O) groups is 1. The van der Waals surface area contributed by atoms with Gasteiger partial charge in [0.05, 0.1) is 11.3 Å². The van der Waals surface area contributed by atoms with Crippen LogP contribution in [0.1, 0.15) is 55.8 Å². The number of benzene rings is 1. The second kappa shape index (κ2) is 9.34. The third-order valence-electron chi connectivity index (χ3n) is 3.32. The number of nitrogens with one attached hydrogen (secondary N) is 2. The van der Waals surface area contributed by atoms with E-state index in [0.29, 0.717) is 12.1 Å². The van der Waals surface area contributed by atoms with Crippen molar-refractivity contribution < 1.29 is 9.18 Å². The number of anilines is 1. The van der Waals surface area contributed by atoms with Crippen molar-refractivity contribution in [2.24, 2.45) is 0 Å². The topological polar surface area (TPSA) is 41.1 Å². The van der Waals surface area contributed by atoms with E-state index < -0.39 is 5.82 Å². The second-order valence-electron chi connectivity index (χ2n) is 4.94. The van der Waals surface area contributed by atoms with Gasteiger partial charge in [0.25, 0.3) is 5.91 Å². The molecule has 1 aromatic carbocycles. The second-order valence-corrected chi connectivity index (χ2v) is 4.94. The summed E-state index contributed by atoms with van der Waals surface area (Å²) in [5.74, 6) is -0.623. The Bertz CT molecular complexity index is 421. The number of halogens is 1. The van der Waals surface area contributed by atoms with Gasteiger partial charge in [-0.2, -0.15) is 0 Å². The van der Waals surface area contributed by atoms with Gasteiger partial charge < -0.3 is 10.6 Å². The maximum atomic E-state index is 13.5. The number of amides is 1. The molecule has 1 rings (SSSR count). The zero-order valence-corrected chi connectivity index (χ0v) is 12.5. The van der Waals surface area contributed by atoms with Crippen LogP contribution in [0.4, 0.5) is 10.1 Å². The molecule has 4 heteroatoms. The van der Waals surface area contributed by atoms with Crippen LogP contribution in [0.3, 0.4) is 0 Å². The van der Waals surface area contributed by atoms with Gasteiger partial charge in [-0.15, -0.1) is 0 Å². The quantitative estimate of drug-likeness (QED) is 0.672. The minimum atomic E-state index is -0.403. The molecule has 0 saturated carbocycles. The number of carbonyl (C=O) groups excluding carboxylic acids is 1. The zero-order chi connectivity index (χ0) is 14.8. The van der Waals surface area contributed by atoms with E-state index in [2.05, 4.69) is 17.6 Å². The summed E-state index contributed by atoms with van der Waals surface area (Å²) in [6.45, 7) is 2.84. The Balaban J connectivity index is 2.35. The number of para-hydroxylation sites is 1. The van der Waals surface area contributed by atoms with Crippen molar-refractivity contribution in [2.75, 3.05) is 18.9 Å². The summed E-state index contributed by atoms with van der Waals surface area (Å²) >= 11 is 0. The highest BCUT2D eigenvalue weighted by Gasteiger charge is 2.13. The summed E-state index contributed by atoms with van der Waals surface area (Å²) in [7, 11) is 1.61. The van der Waals surface area contributed by atoms with Crippen LogP contribution < -0.4 is 10.6 Å². The van der Waals surface area contributed by atoms with Crippen molar-refractivity contribution in [3.8, 4) is 0 Å². The standard InChI is InChI=1S/C16H25FN2O/c1-3-4-5-6-7-8-12-19-16(20)13-10-9-11-14(17)15(13)18-2/h9-11,18H,3-8,12H2,1-2H3,(H,19,20). The van der Waals surface area contributed by atoms with Crippen molar-refractivity contribution in [3.05, 3.63) is 29.6 Å². The molecule has 1 amide bonds. The van der Waals surface area contributed by atoms with Gasteiger partial charge >= 0.3 is 0 Å². The molecule has 0 aromatic heterocycles. The molecular weight excluding hydrogens is 255 g/mol. The number of unbranched alkanes of at least 4 members (excludes halogenated alkanes) is 5. The van der Waals surface area contributed by atoms with E-state index >= 15 is 0 Å². The van der Waals surface area contributed by atoms with E-state index in [0.717, 1.165) is 12.8 Å². The molecule has 0 aliphatic heterocycles. The van der Waals surface area contributed by atoms with Gasteiger partial charge in [0.15, 0.2) is 0 Å². The fourth-order valence-corrected chi connectivity index (χ4v) is 2.17. The average molecular weight is 280 g/mol. The average Bonchev–Trinajstić information content (AvgIpc) is 2.45. The Morgan fingerprint density at radius 2 is 1.85 bits per heavy atom. The summed E-state index contributed by atoms with van der Waals surface area (Å²) in [6, 6.07) is 4.53. The van der Waals surface area contributed by atoms with Gasteiger partial charge in [-0.25, -0.2) is 4.39 Å². The highest BCUT2D eigenvalue weighted by molar-refractivity contribution is 5.99. The Hall–Kier alpha value is -1.58. The van der Waals surface area contributed by atoms with Crippen LogP contribution in [0.15, 0.2) is 18.2 Å². The van der Waals surface area contributed by atoms with Crippen molar-refractivity contribution in [3.63, 3.8) is 0 Å². The van der Waals surface area contributed by atoms with E-state index in [-0.39, 0.29) is 11.6 Å². The lowest BCUT2D eigenvalue weighted by atomic mass is 10.1. The van der Waals surface area contributed by atoms with E-state index in [1.54, 1.807) is 19.2 Å². The first-order valence-corrected chi connectivity index (χ1v) is 7.45. The summed E-state index contributed by atoms with van der Waals surface area (Å²) < 4.78 is 13.5. The molecule has 112 valence electrons. The predicted molar refractivity (Wildman–Crippen MR) is 81.7 cm³/mol. The van der Waals surface area contributed by atoms with E-state index in [1.807, 2.05) is 0 Å². The van der Waals surface area contributed by atoms with Crippen LogP contribution in [-0.4, -0.2) is 19.5 Å². The third kappa shape index (κ3) is 5.19. The number of hydrogen-bond donors (Lipinski definition) is 2. The molecule has 0 aliphatic carbocycles. The van der Waals surface area contributed by atoms with Crippen molar-refractivity contribution in [2.45, 2.75) is 45.4 Å². The Kier molecular flexibility index (Phi) is 7.70. The molecule has 0 heterocycles. The minimum Gasteiger partial charge on any atom is -0.385 e. The lowest BCUT2D eigenvalue weighted by Gasteiger charge is -2.10. The lowest BCUT2D eigenvalue weighted by molar-refractivity contribution is 0.0953. The van der Waals surface area contributed by atoms with Crippen LogP contribution in [0.2, 0.25) is 0 Å². The molecule has 0 radical (unpaired) electrons. The summed E-state index contributed by atoms with van der Waals surface area (Å²) in [6.07, 6.45) is 7.09. The molecule has 2 N–H and O–H groups in total. The van der Waals surface area contributed by atoms with Crippen molar-refractivity contribution >= 4 is 11.6 Å². The van der Waals surface area contributed by atoms with Crippen LogP contribution in [0.25, 0.3) is 0 Å². The summed E-state index contributed by atoms with van der Waals surface area (Å²) in [4.78, 5) is 12.0. The highest BCUT2D eigenvalue weighted by atomic mass is 19.1. The van der Waals surface area contributed by atoms with Crippen LogP contribution >= 0.6 is 0 Å². The minimum absolute atomic E-state index is 0.220. The SMILES string of the molecule is CCCCCCCCNC(=O)c1cccc(F)c1NC. The van der Waals surface area contributed by atoms with Gasteiger partial charge in [-0.3, -0.25) is 4.79 Å². The van der Waals surface area contributed by atoms with E-state index in [4.69, 9.17) is 0 Å². The first-order chi connectivity index (χ1) is 9.70. The molecule has 20 heavy (non-hydrogen) atoms. The Morgan fingerprint density at radius 3 is 2.55 bits per heavy atom. The molecule has 0 aliphatic rings. The summed E-state index contributed by atoms with van der Waals surface area (Å²) in [5, 5.41) is 5.58. The van der Waals surface area contributed by atoms with Crippen LogP contribution in [0, 0.1) is 5.82 Å². The van der Waals surface area contributed by atoms with Gasteiger partial charge in [0.1, 0.15) is 5.82 Å². The molecule has 0 unspecified atom stereocenters. The van der Waals surface area contributed by atoms with Crippen LogP contribution in [-0.2, 0) is 0 Å². The first kappa shape index (κ1) is 16.5. The molecule has 0 saturated heterocycles. The lowest BCUT2D eigenvalue weighted by Crippen LogP contribution is -2.25. The first-order valence-electron chi connectivity index (χ1n) is 7.45. The molecule has 0 fully saturated rings. The molecule has 0 spiro atoms. The Morgan fingerprint density at radius 1 is 1.15 bits per heavy atom. The monoisotopic (exact) mass is 280 g/mol. The van der Waals surface area contributed by atoms with Gasteiger partial charge in [0, 0.05) is 13.6 Å². The maximum Gasteiger partial charge on any atom is 0.253 e. The van der Waals surface area contributed by atoms with Crippen molar-refractivity contribution in [1.82, 2.24) is 5.32 Å². The summed E-state index contributed by atoms with van der Waals surface area (Å²) in [5.41, 5.74) is 0.617. The highest BCUT2D eigenvalue weighted by Crippen LogP contribution is 2.18. The molecule has 0 bridgehead atoms.